The molecule has 0 saturated carbocycles. The van der Waals surface area contributed by atoms with Crippen LogP contribution in [0, 0.1) is 0 Å². The summed E-state index contributed by atoms with van der Waals surface area (Å²) in [5.41, 5.74) is 1.81. The molecule has 0 saturated heterocycles. The van der Waals surface area contributed by atoms with Crippen LogP contribution in [-0.2, 0) is 5.41 Å². The van der Waals surface area contributed by atoms with E-state index in [0.29, 0.717) is 0 Å². The first-order valence-electron chi connectivity index (χ1n) is 7.80. The molecule has 0 fully saturated rings. The van der Waals surface area contributed by atoms with Crippen molar-refractivity contribution in [1.29, 1.82) is 0 Å². The summed E-state index contributed by atoms with van der Waals surface area (Å²) in [6.45, 7) is 1.10. The summed E-state index contributed by atoms with van der Waals surface area (Å²) in [7, 11) is 4.16. The van der Waals surface area contributed by atoms with E-state index in [9.17, 15) is 5.11 Å². The number of benzene rings is 2. The van der Waals surface area contributed by atoms with E-state index in [4.69, 9.17) is 4.74 Å². The molecule has 2 aromatic rings. The summed E-state index contributed by atoms with van der Waals surface area (Å²) in [6, 6.07) is 16.1. The van der Waals surface area contributed by atoms with Gasteiger partial charge < -0.3 is 14.7 Å². The van der Waals surface area contributed by atoms with Crippen LogP contribution in [0.5, 0.6) is 11.5 Å². The van der Waals surface area contributed by atoms with Gasteiger partial charge in [0.2, 0.25) is 0 Å². The van der Waals surface area contributed by atoms with Gasteiger partial charge in [0.25, 0.3) is 0 Å². The number of aliphatic hydroxyl groups excluding tert-OH is 1. The molecule has 1 aliphatic rings. The van der Waals surface area contributed by atoms with Gasteiger partial charge >= 0.3 is 0 Å². The van der Waals surface area contributed by atoms with Crippen LogP contribution in [0.2, 0.25) is 0 Å². The van der Waals surface area contributed by atoms with Crippen molar-refractivity contribution in [2.24, 2.45) is 0 Å². The molecule has 1 aliphatic heterocycles. The van der Waals surface area contributed by atoms with Crippen molar-refractivity contribution in [2.45, 2.75) is 18.3 Å². The Morgan fingerprint density at radius 1 is 0.955 bits per heavy atom. The molecule has 1 N–H and O–H groups in total. The Labute approximate surface area is 132 Å². The number of aliphatic hydroxyl groups is 1. The number of nitrogens with zero attached hydrogens (tertiary/aromatic N) is 1. The maximum absolute atomic E-state index is 10.3. The van der Waals surface area contributed by atoms with E-state index in [-0.39, 0.29) is 12.0 Å². The number of hydrogen-bond donors (Lipinski definition) is 1. The zero-order chi connectivity index (χ0) is 15.6. The molecule has 22 heavy (non-hydrogen) atoms. The maximum Gasteiger partial charge on any atom is 0.131 e. The molecule has 3 heteroatoms. The van der Waals surface area contributed by atoms with Crippen molar-refractivity contribution in [1.82, 2.24) is 4.90 Å². The van der Waals surface area contributed by atoms with Gasteiger partial charge in [-0.15, -0.1) is 0 Å². The fourth-order valence-electron chi connectivity index (χ4n) is 3.38. The Hall–Kier alpha value is -1.84. The molecule has 116 valence electrons. The Balaban J connectivity index is 2.06. The highest BCUT2D eigenvalue weighted by atomic mass is 16.5. The lowest BCUT2D eigenvalue weighted by molar-refractivity contribution is 0.193. The minimum atomic E-state index is -0.374. The van der Waals surface area contributed by atoms with Crippen LogP contribution in [0.4, 0.5) is 0 Å². The third-order valence-electron chi connectivity index (χ3n) is 4.50. The van der Waals surface area contributed by atoms with Crippen LogP contribution in [0.3, 0.4) is 0 Å². The Kier molecular flexibility index (Phi) is 4.19. The van der Waals surface area contributed by atoms with Gasteiger partial charge in [-0.25, -0.2) is 0 Å². The van der Waals surface area contributed by atoms with Crippen LogP contribution in [0.25, 0.3) is 0 Å². The number of para-hydroxylation sites is 2. The van der Waals surface area contributed by atoms with Crippen molar-refractivity contribution >= 4 is 0 Å². The summed E-state index contributed by atoms with van der Waals surface area (Å²) in [5.74, 6) is 1.72. The van der Waals surface area contributed by atoms with E-state index >= 15 is 0 Å². The van der Waals surface area contributed by atoms with E-state index in [0.717, 1.165) is 42.0 Å². The van der Waals surface area contributed by atoms with Crippen LogP contribution in [0.1, 0.15) is 24.0 Å². The monoisotopic (exact) mass is 297 g/mol. The van der Waals surface area contributed by atoms with Crippen molar-refractivity contribution in [3.8, 4) is 11.5 Å². The molecule has 1 heterocycles. The fourth-order valence-corrected chi connectivity index (χ4v) is 3.38. The summed E-state index contributed by atoms with van der Waals surface area (Å²) in [5, 5.41) is 10.3. The van der Waals surface area contributed by atoms with Gasteiger partial charge in [0.05, 0.1) is 12.0 Å². The standard InChI is InChI=1S/C19H23NO2/c1-20(2)13-7-12-19(14-21)15-8-3-5-10-17(15)22-18-11-6-4-9-16(18)19/h3-6,8-11,21H,7,12-14H2,1-2H3. The van der Waals surface area contributed by atoms with Crippen molar-refractivity contribution in [3.05, 3.63) is 59.7 Å². The molecule has 3 nitrogen and oxygen atoms in total. The predicted octanol–water partition coefficient (Wildman–Crippen LogP) is 3.41. The number of fused-ring (bicyclic) bond motifs is 2. The maximum atomic E-state index is 10.3. The van der Waals surface area contributed by atoms with Crippen LogP contribution >= 0.6 is 0 Å². The molecule has 0 spiro atoms. The summed E-state index contributed by atoms with van der Waals surface area (Å²) in [6.07, 6.45) is 1.93. The lowest BCUT2D eigenvalue weighted by Crippen LogP contribution is -2.36. The first-order chi connectivity index (χ1) is 10.7. The first kappa shape index (κ1) is 15.1. The Bertz CT molecular complexity index is 606. The van der Waals surface area contributed by atoms with Gasteiger partial charge in [-0.2, -0.15) is 0 Å². The SMILES string of the molecule is CN(C)CCCC1(CO)c2ccccc2Oc2ccccc21. The van der Waals surface area contributed by atoms with Crippen molar-refractivity contribution in [2.75, 3.05) is 27.2 Å². The van der Waals surface area contributed by atoms with E-state index < -0.39 is 0 Å². The van der Waals surface area contributed by atoms with Gasteiger partial charge in [-0.3, -0.25) is 0 Å². The van der Waals surface area contributed by atoms with Gasteiger partial charge in [0, 0.05) is 11.1 Å². The fraction of sp³-hybridized carbons (Fsp3) is 0.368. The summed E-state index contributed by atoms with van der Waals surface area (Å²) >= 11 is 0. The number of ether oxygens (including phenoxy) is 1. The molecule has 0 aliphatic carbocycles. The molecule has 0 unspecified atom stereocenters. The lowest BCUT2D eigenvalue weighted by Gasteiger charge is -2.39. The highest BCUT2D eigenvalue weighted by Gasteiger charge is 2.41. The minimum absolute atomic E-state index is 0.0951. The largest absolute Gasteiger partial charge is 0.457 e. The molecular weight excluding hydrogens is 274 g/mol. The molecule has 0 aromatic heterocycles. The summed E-state index contributed by atoms with van der Waals surface area (Å²) in [4.78, 5) is 2.18. The Morgan fingerprint density at radius 3 is 2.00 bits per heavy atom. The summed E-state index contributed by atoms with van der Waals surface area (Å²) < 4.78 is 6.04. The van der Waals surface area contributed by atoms with Gasteiger partial charge in [-0.05, 0) is 45.6 Å². The van der Waals surface area contributed by atoms with Crippen molar-refractivity contribution in [3.63, 3.8) is 0 Å². The highest BCUT2D eigenvalue weighted by molar-refractivity contribution is 5.57. The topological polar surface area (TPSA) is 32.7 Å². The molecular formula is C19H23NO2. The normalized spacial score (nSPS) is 15.1. The molecule has 0 radical (unpaired) electrons. The van der Waals surface area contributed by atoms with Crippen LogP contribution in [-0.4, -0.2) is 37.3 Å². The smallest absolute Gasteiger partial charge is 0.131 e. The second-order valence-electron chi connectivity index (χ2n) is 6.24. The van der Waals surface area contributed by atoms with Crippen LogP contribution in [0.15, 0.2) is 48.5 Å². The zero-order valence-electron chi connectivity index (χ0n) is 13.2. The van der Waals surface area contributed by atoms with Gasteiger partial charge in [0.15, 0.2) is 0 Å². The molecule has 0 atom stereocenters. The van der Waals surface area contributed by atoms with Crippen LogP contribution < -0.4 is 4.74 Å². The number of rotatable bonds is 5. The number of hydrogen-bond acceptors (Lipinski definition) is 3. The predicted molar refractivity (Wildman–Crippen MR) is 88.6 cm³/mol. The average Bonchev–Trinajstić information content (AvgIpc) is 2.54. The molecule has 0 amide bonds. The highest BCUT2D eigenvalue weighted by Crippen LogP contribution is 2.49. The minimum Gasteiger partial charge on any atom is -0.457 e. The van der Waals surface area contributed by atoms with E-state index in [1.54, 1.807) is 0 Å². The second kappa shape index (κ2) is 6.11. The van der Waals surface area contributed by atoms with Crippen molar-refractivity contribution < 1.29 is 9.84 Å². The first-order valence-corrected chi connectivity index (χ1v) is 7.80. The quantitative estimate of drug-likeness (QED) is 0.918. The third kappa shape index (κ3) is 2.51. The average molecular weight is 297 g/mol. The van der Waals surface area contributed by atoms with E-state index in [1.165, 1.54) is 0 Å². The molecule has 0 bridgehead atoms. The molecule has 3 rings (SSSR count). The van der Waals surface area contributed by atoms with Gasteiger partial charge in [-0.1, -0.05) is 36.4 Å². The lowest BCUT2D eigenvalue weighted by atomic mass is 9.70. The van der Waals surface area contributed by atoms with E-state index in [2.05, 4.69) is 31.1 Å². The van der Waals surface area contributed by atoms with Gasteiger partial charge in [0.1, 0.15) is 11.5 Å². The third-order valence-corrected chi connectivity index (χ3v) is 4.50. The molecule has 2 aromatic carbocycles. The second-order valence-corrected chi connectivity index (χ2v) is 6.24. The van der Waals surface area contributed by atoms with E-state index in [1.807, 2.05) is 36.4 Å². The zero-order valence-corrected chi connectivity index (χ0v) is 13.2. The Morgan fingerprint density at radius 2 is 1.50 bits per heavy atom.